The van der Waals surface area contributed by atoms with E-state index in [9.17, 15) is 9.59 Å². The fourth-order valence-corrected chi connectivity index (χ4v) is 1.56. The molecular formula is C12H16O4. The van der Waals surface area contributed by atoms with Crippen molar-refractivity contribution in [3.05, 3.63) is 24.2 Å². The molecule has 1 aromatic heterocycles. The maximum Gasteiger partial charge on any atom is 0.316 e. The molecule has 0 aliphatic heterocycles. The molecule has 1 rings (SSSR count). The molecule has 0 bridgehead atoms. The largest absolute Gasteiger partial charge is 0.469 e. The van der Waals surface area contributed by atoms with Gasteiger partial charge in [-0.15, -0.1) is 0 Å². The Bertz CT molecular complexity index is 340. The first-order valence-electron chi connectivity index (χ1n) is 5.25. The second kappa shape index (κ2) is 6.10. The lowest BCUT2D eigenvalue weighted by Gasteiger charge is -2.10. The van der Waals surface area contributed by atoms with Crippen LogP contribution in [0.15, 0.2) is 22.8 Å². The van der Waals surface area contributed by atoms with E-state index >= 15 is 0 Å². The summed E-state index contributed by atoms with van der Waals surface area (Å²) < 4.78 is 9.74. The minimum absolute atomic E-state index is 0.147. The van der Waals surface area contributed by atoms with E-state index in [4.69, 9.17) is 4.42 Å². The molecule has 1 atom stereocenters. The van der Waals surface area contributed by atoms with Crippen LogP contribution in [0.3, 0.4) is 0 Å². The second-order valence-corrected chi connectivity index (χ2v) is 3.66. The van der Waals surface area contributed by atoms with Crippen molar-refractivity contribution in [2.24, 2.45) is 5.92 Å². The summed E-state index contributed by atoms with van der Waals surface area (Å²) in [4.78, 5) is 22.5. The highest BCUT2D eigenvalue weighted by atomic mass is 16.5. The highest BCUT2D eigenvalue weighted by Crippen LogP contribution is 2.13. The van der Waals surface area contributed by atoms with Crippen LogP contribution in [0.25, 0.3) is 0 Å². The van der Waals surface area contributed by atoms with E-state index in [1.165, 1.54) is 14.0 Å². The second-order valence-electron chi connectivity index (χ2n) is 3.66. The van der Waals surface area contributed by atoms with Gasteiger partial charge < -0.3 is 9.15 Å². The van der Waals surface area contributed by atoms with Gasteiger partial charge in [0.25, 0.3) is 0 Å². The number of hydrogen-bond donors (Lipinski definition) is 0. The van der Waals surface area contributed by atoms with Gasteiger partial charge in [-0.25, -0.2) is 0 Å². The molecule has 0 aliphatic carbocycles. The Kier molecular flexibility index (Phi) is 4.76. The highest BCUT2D eigenvalue weighted by Gasteiger charge is 2.23. The maximum atomic E-state index is 11.3. The van der Waals surface area contributed by atoms with Crippen molar-refractivity contribution in [1.82, 2.24) is 0 Å². The molecule has 0 saturated heterocycles. The molecule has 1 aromatic rings. The molecule has 0 aromatic carbocycles. The smallest absolute Gasteiger partial charge is 0.316 e. The van der Waals surface area contributed by atoms with E-state index in [0.717, 1.165) is 18.6 Å². The Labute approximate surface area is 94.6 Å². The molecule has 0 spiro atoms. The van der Waals surface area contributed by atoms with Gasteiger partial charge in [0.05, 0.1) is 13.4 Å². The van der Waals surface area contributed by atoms with Gasteiger partial charge in [0, 0.05) is 6.42 Å². The summed E-state index contributed by atoms with van der Waals surface area (Å²) in [5.74, 6) is -0.370. The fourth-order valence-electron chi connectivity index (χ4n) is 1.56. The molecule has 1 heterocycles. The van der Waals surface area contributed by atoms with Crippen LogP contribution < -0.4 is 0 Å². The molecule has 0 saturated carbocycles. The molecule has 0 N–H and O–H groups in total. The summed E-state index contributed by atoms with van der Waals surface area (Å²) in [6.07, 6.45) is 3.57. The molecule has 0 aliphatic rings. The maximum absolute atomic E-state index is 11.3. The molecule has 0 radical (unpaired) electrons. The first kappa shape index (κ1) is 12.5. The summed E-state index contributed by atoms with van der Waals surface area (Å²) in [6, 6.07) is 3.69. The zero-order valence-corrected chi connectivity index (χ0v) is 9.56. The predicted octanol–water partition coefficient (Wildman–Crippen LogP) is 1.98. The number of Topliss-reactive ketones (excluding diaryl/α,β-unsaturated/α-hetero) is 1. The van der Waals surface area contributed by atoms with Gasteiger partial charge in [-0.05, 0) is 31.9 Å². The Balaban J connectivity index is 2.39. The lowest BCUT2D eigenvalue weighted by Crippen LogP contribution is -2.23. The van der Waals surface area contributed by atoms with Crippen LogP contribution >= 0.6 is 0 Å². The minimum atomic E-state index is -0.639. The number of carbonyl (C=O) groups excluding carboxylic acids is 2. The van der Waals surface area contributed by atoms with E-state index in [-0.39, 0.29) is 5.78 Å². The molecule has 4 nitrogen and oxygen atoms in total. The summed E-state index contributed by atoms with van der Waals surface area (Å²) in [5.41, 5.74) is 0. The Morgan fingerprint density at radius 1 is 1.50 bits per heavy atom. The lowest BCUT2D eigenvalue weighted by atomic mass is 9.98. The molecular weight excluding hydrogens is 208 g/mol. The highest BCUT2D eigenvalue weighted by molar-refractivity contribution is 5.97. The van der Waals surface area contributed by atoms with Crippen LogP contribution in [-0.4, -0.2) is 18.9 Å². The molecule has 1 unspecified atom stereocenters. The van der Waals surface area contributed by atoms with Crippen molar-refractivity contribution < 1.29 is 18.7 Å². The number of aryl methyl sites for hydroxylation is 1. The number of ether oxygens (including phenoxy) is 1. The molecule has 4 heteroatoms. The topological polar surface area (TPSA) is 56.5 Å². The number of esters is 1. The Morgan fingerprint density at radius 3 is 2.75 bits per heavy atom. The van der Waals surface area contributed by atoms with Gasteiger partial charge in [0.15, 0.2) is 0 Å². The quantitative estimate of drug-likeness (QED) is 0.547. The molecule has 0 amide bonds. The summed E-state index contributed by atoms with van der Waals surface area (Å²) in [5, 5.41) is 0. The average molecular weight is 224 g/mol. The third kappa shape index (κ3) is 3.53. The van der Waals surface area contributed by atoms with Crippen molar-refractivity contribution in [2.75, 3.05) is 7.11 Å². The normalized spacial score (nSPS) is 12.1. The van der Waals surface area contributed by atoms with Crippen LogP contribution in [0.1, 0.15) is 25.5 Å². The molecule has 16 heavy (non-hydrogen) atoms. The number of hydrogen-bond acceptors (Lipinski definition) is 4. The third-order valence-corrected chi connectivity index (χ3v) is 2.47. The van der Waals surface area contributed by atoms with Gasteiger partial charge in [0.1, 0.15) is 17.5 Å². The summed E-state index contributed by atoms with van der Waals surface area (Å²) >= 11 is 0. The number of ketones is 1. The number of carbonyl (C=O) groups is 2. The van der Waals surface area contributed by atoms with Gasteiger partial charge in [-0.1, -0.05) is 0 Å². The first-order chi connectivity index (χ1) is 7.65. The van der Waals surface area contributed by atoms with Crippen molar-refractivity contribution >= 4 is 11.8 Å². The number of rotatable bonds is 6. The zero-order chi connectivity index (χ0) is 12.0. The SMILES string of the molecule is COC(=O)C(CCCc1ccco1)C(C)=O. The Morgan fingerprint density at radius 2 is 2.25 bits per heavy atom. The standard InChI is InChI=1S/C12H16O4/c1-9(13)11(12(14)15-2)7-3-5-10-6-4-8-16-10/h4,6,8,11H,3,5,7H2,1-2H3. The van der Waals surface area contributed by atoms with Crippen molar-refractivity contribution in [3.63, 3.8) is 0 Å². The van der Waals surface area contributed by atoms with Crippen LogP contribution in [0.4, 0.5) is 0 Å². The number of furan rings is 1. The summed E-state index contributed by atoms with van der Waals surface area (Å²) in [7, 11) is 1.30. The van der Waals surface area contributed by atoms with E-state index in [0.29, 0.717) is 6.42 Å². The van der Waals surface area contributed by atoms with Crippen molar-refractivity contribution in [3.8, 4) is 0 Å². The first-order valence-corrected chi connectivity index (χ1v) is 5.25. The number of methoxy groups -OCH3 is 1. The Hall–Kier alpha value is -1.58. The monoisotopic (exact) mass is 224 g/mol. The van der Waals surface area contributed by atoms with Crippen LogP contribution in [0, 0.1) is 5.92 Å². The fraction of sp³-hybridized carbons (Fsp3) is 0.500. The van der Waals surface area contributed by atoms with E-state index in [1.54, 1.807) is 6.26 Å². The predicted molar refractivity (Wildman–Crippen MR) is 57.8 cm³/mol. The average Bonchev–Trinajstić information content (AvgIpc) is 2.75. The zero-order valence-electron chi connectivity index (χ0n) is 9.56. The van der Waals surface area contributed by atoms with Gasteiger partial charge in [-0.3, -0.25) is 9.59 Å². The van der Waals surface area contributed by atoms with Gasteiger partial charge in [-0.2, -0.15) is 0 Å². The lowest BCUT2D eigenvalue weighted by molar-refractivity contribution is -0.149. The third-order valence-electron chi connectivity index (χ3n) is 2.47. The van der Waals surface area contributed by atoms with Crippen LogP contribution in [0.5, 0.6) is 0 Å². The molecule has 88 valence electrons. The van der Waals surface area contributed by atoms with Crippen molar-refractivity contribution in [1.29, 1.82) is 0 Å². The van der Waals surface area contributed by atoms with Crippen molar-refractivity contribution in [2.45, 2.75) is 26.2 Å². The van der Waals surface area contributed by atoms with E-state index in [1.807, 2.05) is 12.1 Å². The van der Waals surface area contributed by atoms with Crippen LogP contribution in [-0.2, 0) is 20.7 Å². The minimum Gasteiger partial charge on any atom is -0.469 e. The van der Waals surface area contributed by atoms with E-state index in [2.05, 4.69) is 4.74 Å². The summed E-state index contributed by atoms with van der Waals surface area (Å²) in [6.45, 7) is 1.41. The van der Waals surface area contributed by atoms with Crippen LogP contribution in [0.2, 0.25) is 0 Å². The molecule has 0 fully saturated rings. The van der Waals surface area contributed by atoms with Gasteiger partial charge >= 0.3 is 5.97 Å². The van der Waals surface area contributed by atoms with E-state index < -0.39 is 11.9 Å². The van der Waals surface area contributed by atoms with Gasteiger partial charge in [0.2, 0.25) is 0 Å².